The van der Waals surface area contributed by atoms with E-state index in [0.29, 0.717) is 0 Å². The van der Waals surface area contributed by atoms with Gasteiger partial charge in [0.25, 0.3) is 0 Å². The molecule has 1 atom stereocenters. The van der Waals surface area contributed by atoms with Gasteiger partial charge in [0.2, 0.25) is 0 Å². The summed E-state index contributed by atoms with van der Waals surface area (Å²) in [5, 5.41) is 9.13. The summed E-state index contributed by atoms with van der Waals surface area (Å²) in [6.45, 7) is 4.20. The second kappa shape index (κ2) is 7.62. The van der Waals surface area contributed by atoms with Crippen molar-refractivity contribution in [2.45, 2.75) is 26.4 Å². The van der Waals surface area contributed by atoms with E-state index >= 15 is 0 Å². The first kappa shape index (κ1) is 15.4. The van der Waals surface area contributed by atoms with Crippen molar-refractivity contribution in [1.29, 1.82) is 0 Å². The highest BCUT2D eigenvalue weighted by Gasteiger charge is 2.29. The van der Waals surface area contributed by atoms with Crippen molar-refractivity contribution in [3.05, 3.63) is 24.3 Å². The number of ether oxygens (including phenoxy) is 2. The Hall–Kier alpha value is -1.62. The zero-order valence-electron chi connectivity index (χ0n) is 10.3. The van der Waals surface area contributed by atoms with Crippen LogP contribution in [0.2, 0.25) is 0 Å². The lowest BCUT2D eigenvalue weighted by molar-refractivity contribution is -0.169. The van der Waals surface area contributed by atoms with E-state index < -0.39 is 24.1 Å². The van der Waals surface area contributed by atoms with Gasteiger partial charge in [-0.15, -0.1) is 0 Å². The summed E-state index contributed by atoms with van der Waals surface area (Å²) >= 11 is 0. The van der Waals surface area contributed by atoms with Crippen molar-refractivity contribution < 1.29 is 24.2 Å². The average molecular weight is 242 g/mol. The summed E-state index contributed by atoms with van der Waals surface area (Å²) in [5.41, 5.74) is -1.23. The molecule has 0 fully saturated rings. The zero-order valence-corrected chi connectivity index (χ0v) is 10.3. The molecule has 5 nitrogen and oxygen atoms in total. The van der Waals surface area contributed by atoms with Crippen LogP contribution in [0.1, 0.15) is 20.8 Å². The van der Waals surface area contributed by atoms with Gasteiger partial charge in [0.05, 0.1) is 6.61 Å². The molecule has 0 heterocycles. The van der Waals surface area contributed by atoms with Crippen molar-refractivity contribution in [3.63, 3.8) is 0 Å². The van der Waals surface area contributed by atoms with Crippen molar-refractivity contribution in [2.75, 3.05) is 13.2 Å². The minimum absolute atomic E-state index is 0.198. The van der Waals surface area contributed by atoms with Crippen molar-refractivity contribution in [3.8, 4) is 0 Å². The maximum atomic E-state index is 11.2. The van der Waals surface area contributed by atoms with Crippen LogP contribution in [0.5, 0.6) is 0 Å². The van der Waals surface area contributed by atoms with Gasteiger partial charge >= 0.3 is 11.9 Å². The maximum Gasteiger partial charge on any atom is 0.331 e. The summed E-state index contributed by atoms with van der Waals surface area (Å²) in [4.78, 5) is 22.3. The quantitative estimate of drug-likeness (QED) is 0.555. The molecule has 0 aliphatic carbocycles. The second-order valence-electron chi connectivity index (χ2n) is 3.64. The third-order valence-corrected chi connectivity index (χ3v) is 1.81. The lowest BCUT2D eigenvalue weighted by Gasteiger charge is -2.25. The van der Waals surface area contributed by atoms with Crippen LogP contribution in [0, 0.1) is 0 Å². The maximum absolute atomic E-state index is 11.2. The Labute approximate surface area is 101 Å². The fraction of sp³-hybridized carbons (Fsp3) is 0.500. The van der Waals surface area contributed by atoms with Gasteiger partial charge in [-0.1, -0.05) is 12.2 Å². The number of carbonyl (C=O) groups is 2. The van der Waals surface area contributed by atoms with Gasteiger partial charge in [-0.3, -0.25) is 0 Å². The van der Waals surface area contributed by atoms with Crippen molar-refractivity contribution in [2.24, 2.45) is 0 Å². The number of allylic oxidation sites excluding steroid dienone is 2. The number of esters is 2. The second-order valence-corrected chi connectivity index (χ2v) is 3.64. The summed E-state index contributed by atoms with van der Waals surface area (Å²) in [6, 6.07) is 0. The molecule has 96 valence electrons. The average Bonchev–Trinajstić information content (AvgIpc) is 2.27. The summed E-state index contributed by atoms with van der Waals surface area (Å²) in [7, 11) is 0. The molecule has 0 bridgehead atoms. The first-order valence-corrected chi connectivity index (χ1v) is 5.23. The Morgan fingerprint density at radius 3 is 2.18 bits per heavy atom. The molecule has 0 saturated carbocycles. The molecule has 0 radical (unpaired) electrons. The van der Waals surface area contributed by atoms with E-state index in [1.54, 1.807) is 13.8 Å². The van der Waals surface area contributed by atoms with E-state index in [4.69, 9.17) is 14.6 Å². The van der Waals surface area contributed by atoms with E-state index in [1.165, 1.54) is 31.2 Å². The fourth-order valence-electron chi connectivity index (χ4n) is 0.928. The number of aliphatic hydroxyl groups excluding tert-OH is 1. The largest absolute Gasteiger partial charge is 0.458 e. The molecule has 0 amide bonds. The number of rotatable bonds is 6. The lowest BCUT2D eigenvalue weighted by atomic mass is 10.1. The Bertz CT molecular complexity index is 319. The van der Waals surface area contributed by atoms with Crippen LogP contribution in [0.25, 0.3) is 0 Å². The molecule has 0 aliphatic heterocycles. The van der Waals surface area contributed by atoms with Crippen LogP contribution in [0.3, 0.4) is 0 Å². The molecule has 17 heavy (non-hydrogen) atoms. The molecule has 0 aliphatic rings. The SMILES string of the molecule is C/C=C\C(=O)OCC(C)(CO)OC(=O)/C=C\C. The van der Waals surface area contributed by atoms with Crippen LogP contribution in [-0.4, -0.2) is 35.9 Å². The molecule has 1 unspecified atom stereocenters. The Morgan fingerprint density at radius 2 is 1.71 bits per heavy atom. The van der Waals surface area contributed by atoms with Gasteiger partial charge in [-0.25, -0.2) is 9.59 Å². The van der Waals surface area contributed by atoms with Gasteiger partial charge in [-0.05, 0) is 20.8 Å². The van der Waals surface area contributed by atoms with Gasteiger partial charge in [-0.2, -0.15) is 0 Å². The van der Waals surface area contributed by atoms with Gasteiger partial charge < -0.3 is 14.6 Å². The fourth-order valence-corrected chi connectivity index (χ4v) is 0.928. The standard InChI is InChI=1S/C12H18O5/c1-4-6-10(14)16-9-12(3,8-13)17-11(15)7-5-2/h4-7,13H,8-9H2,1-3H3/b6-4-,7-5-. The highest BCUT2D eigenvalue weighted by molar-refractivity contribution is 5.82. The number of aliphatic hydroxyl groups is 1. The summed E-state index contributed by atoms with van der Waals surface area (Å²) < 4.78 is 9.81. The molecule has 0 saturated heterocycles. The first-order valence-electron chi connectivity index (χ1n) is 5.23. The summed E-state index contributed by atoms with van der Waals surface area (Å²) in [6.07, 6.45) is 5.52. The molecule has 0 aromatic carbocycles. The molecule has 0 aromatic heterocycles. The van der Waals surface area contributed by atoms with Gasteiger partial charge in [0, 0.05) is 12.2 Å². The molecule has 1 N–H and O–H groups in total. The topological polar surface area (TPSA) is 72.8 Å². The van der Waals surface area contributed by atoms with Crippen molar-refractivity contribution >= 4 is 11.9 Å². The highest BCUT2D eigenvalue weighted by Crippen LogP contribution is 2.11. The highest BCUT2D eigenvalue weighted by atomic mass is 16.6. The van der Waals surface area contributed by atoms with E-state index in [-0.39, 0.29) is 6.61 Å². The molecule has 0 rings (SSSR count). The van der Waals surface area contributed by atoms with Gasteiger partial charge in [0.15, 0.2) is 5.60 Å². The molecular formula is C12H18O5. The smallest absolute Gasteiger partial charge is 0.331 e. The third-order valence-electron chi connectivity index (χ3n) is 1.81. The van der Waals surface area contributed by atoms with Crippen LogP contribution < -0.4 is 0 Å². The molecule has 0 aromatic rings. The van der Waals surface area contributed by atoms with E-state index in [2.05, 4.69) is 0 Å². The molecular weight excluding hydrogens is 224 g/mol. The van der Waals surface area contributed by atoms with E-state index in [0.717, 1.165) is 0 Å². The van der Waals surface area contributed by atoms with Crippen LogP contribution in [0.4, 0.5) is 0 Å². The number of carbonyl (C=O) groups excluding carboxylic acids is 2. The summed E-state index contributed by atoms with van der Waals surface area (Å²) in [5.74, 6) is -1.14. The Balaban J connectivity index is 4.37. The van der Waals surface area contributed by atoms with Gasteiger partial charge in [0.1, 0.15) is 6.61 Å². The van der Waals surface area contributed by atoms with Crippen molar-refractivity contribution in [1.82, 2.24) is 0 Å². The van der Waals surface area contributed by atoms with Crippen LogP contribution in [-0.2, 0) is 19.1 Å². The number of hydrogen-bond acceptors (Lipinski definition) is 5. The normalized spacial score (nSPS) is 14.8. The molecule has 5 heteroatoms. The molecule has 0 spiro atoms. The monoisotopic (exact) mass is 242 g/mol. The van der Waals surface area contributed by atoms with Crippen LogP contribution >= 0.6 is 0 Å². The Kier molecular flexibility index (Phi) is 6.89. The predicted octanol–water partition coefficient (Wildman–Crippen LogP) is 0.976. The van der Waals surface area contributed by atoms with E-state index in [9.17, 15) is 9.59 Å². The van der Waals surface area contributed by atoms with Crippen LogP contribution in [0.15, 0.2) is 24.3 Å². The predicted molar refractivity (Wildman–Crippen MR) is 62.2 cm³/mol. The zero-order chi connectivity index (χ0) is 13.3. The third kappa shape index (κ3) is 6.52. The minimum Gasteiger partial charge on any atom is -0.458 e. The lowest BCUT2D eigenvalue weighted by Crippen LogP contribution is -2.40. The number of hydrogen-bond donors (Lipinski definition) is 1. The van der Waals surface area contributed by atoms with E-state index in [1.807, 2.05) is 0 Å². The minimum atomic E-state index is -1.23. The first-order chi connectivity index (χ1) is 7.97. The Morgan fingerprint density at radius 1 is 1.18 bits per heavy atom.